The number of halogens is 3. The monoisotopic (exact) mass is 312 g/mol. The molecule has 2 aromatic carbocycles. The summed E-state index contributed by atoms with van der Waals surface area (Å²) in [5, 5.41) is 11.5. The van der Waals surface area contributed by atoms with E-state index in [4.69, 9.17) is 27.3 Å². The molecule has 0 amide bonds. The van der Waals surface area contributed by atoms with E-state index in [1.165, 1.54) is 30.3 Å². The van der Waals surface area contributed by atoms with Gasteiger partial charge in [0.2, 0.25) is 0 Å². The summed E-state index contributed by atoms with van der Waals surface area (Å²) in [4.78, 5) is 0. The van der Waals surface area contributed by atoms with Crippen LogP contribution in [-0.2, 0) is 6.61 Å². The van der Waals surface area contributed by atoms with Gasteiger partial charge in [0.1, 0.15) is 12.4 Å². The van der Waals surface area contributed by atoms with Crippen molar-refractivity contribution >= 4 is 17.4 Å². The summed E-state index contributed by atoms with van der Waals surface area (Å²) < 4.78 is 32.6. The minimum atomic E-state index is -0.716. The number of benzene rings is 2. The first-order valence-corrected chi connectivity index (χ1v) is 6.24. The van der Waals surface area contributed by atoms with E-state index in [1.807, 2.05) is 0 Å². The summed E-state index contributed by atoms with van der Waals surface area (Å²) in [6.07, 6.45) is 0. The largest absolute Gasteiger partial charge is 0.486 e. The molecule has 3 N–H and O–H groups in total. The van der Waals surface area contributed by atoms with Crippen molar-refractivity contribution < 1.29 is 18.7 Å². The lowest BCUT2D eigenvalue weighted by Gasteiger charge is -2.10. The Morgan fingerprint density at radius 2 is 2.00 bits per heavy atom. The number of rotatable bonds is 4. The van der Waals surface area contributed by atoms with Gasteiger partial charge in [-0.05, 0) is 30.3 Å². The molecular formula is C14H11ClF2N2O2. The summed E-state index contributed by atoms with van der Waals surface area (Å²) in [6.45, 7) is -0.217. The molecule has 0 aliphatic heterocycles. The molecule has 0 aliphatic carbocycles. The molecule has 0 radical (unpaired) electrons. The molecule has 2 rings (SSSR count). The van der Waals surface area contributed by atoms with Gasteiger partial charge in [-0.3, -0.25) is 0 Å². The quantitative estimate of drug-likeness (QED) is 0.394. The van der Waals surface area contributed by atoms with Crippen molar-refractivity contribution in [2.24, 2.45) is 10.9 Å². The molecule has 0 heterocycles. The predicted octanol–water partition coefficient (Wildman–Crippen LogP) is 3.29. The van der Waals surface area contributed by atoms with Gasteiger partial charge in [-0.25, -0.2) is 8.78 Å². The minimum Gasteiger partial charge on any atom is -0.486 e. The normalized spacial score (nSPS) is 11.5. The van der Waals surface area contributed by atoms with Crippen LogP contribution in [0.1, 0.15) is 11.1 Å². The van der Waals surface area contributed by atoms with Crippen LogP contribution in [-0.4, -0.2) is 11.0 Å². The summed E-state index contributed by atoms with van der Waals surface area (Å²) in [5.74, 6) is -1.57. The Bertz CT molecular complexity index is 672. The third-order valence-corrected chi connectivity index (χ3v) is 3.12. The third-order valence-electron chi connectivity index (χ3n) is 2.77. The molecule has 0 aliphatic rings. The van der Waals surface area contributed by atoms with Crippen molar-refractivity contribution in [3.8, 4) is 5.75 Å². The molecule has 0 unspecified atom stereocenters. The minimum absolute atomic E-state index is 0.0937. The SMILES string of the molecule is N/C(=N/O)c1ccc(OCc2c(F)cccc2Cl)c(F)c1. The van der Waals surface area contributed by atoms with Gasteiger partial charge in [-0.15, -0.1) is 0 Å². The van der Waals surface area contributed by atoms with Crippen LogP contribution in [0.2, 0.25) is 5.02 Å². The second-order valence-electron chi connectivity index (χ2n) is 4.12. The molecule has 0 aromatic heterocycles. The van der Waals surface area contributed by atoms with Crippen LogP contribution >= 0.6 is 11.6 Å². The van der Waals surface area contributed by atoms with Gasteiger partial charge in [0, 0.05) is 11.1 Å². The highest BCUT2D eigenvalue weighted by atomic mass is 35.5. The molecule has 0 fully saturated rings. The number of hydrogen-bond donors (Lipinski definition) is 2. The highest BCUT2D eigenvalue weighted by molar-refractivity contribution is 6.31. The second kappa shape index (κ2) is 6.41. The molecule has 4 nitrogen and oxygen atoms in total. The molecule has 21 heavy (non-hydrogen) atoms. The van der Waals surface area contributed by atoms with E-state index in [9.17, 15) is 8.78 Å². The van der Waals surface area contributed by atoms with Crippen molar-refractivity contribution in [3.05, 3.63) is 64.2 Å². The fraction of sp³-hybridized carbons (Fsp3) is 0.0714. The molecule has 0 saturated heterocycles. The lowest BCUT2D eigenvalue weighted by Crippen LogP contribution is -2.13. The zero-order valence-electron chi connectivity index (χ0n) is 10.7. The Hall–Kier alpha value is -2.34. The molecule has 0 saturated carbocycles. The van der Waals surface area contributed by atoms with Crippen molar-refractivity contribution in [2.45, 2.75) is 6.61 Å². The number of hydrogen-bond acceptors (Lipinski definition) is 3. The highest BCUT2D eigenvalue weighted by Crippen LogP contribution is 2.23. The fourth-order valence-corrected chi connectivity index (χ4v) is 1.87. The Morgan fingerprint density at radius 1 is 1.24 bits per heavy atom. The van der Waals surface area contributed by atoms with Gasteiger partial charge in [0.15, 0.2) is 17.4 Å². The number of ether oxygens (including phenoxy) is 1. The van der Waals surface area contributed by atoms with Crippen molar-refractivity contribution in [2.75, 3.05) is 0 Å². The Balaban J connectivity index is 2.18. The average molecular weight is 313 g/mol. The summed E-state index contributed by atoms with van der Waals surface area (Å²) in [6, 6.07) is 7.98. The zero-order valence-corrected chi connectivity index (χ0v) is 11.4. The van der Waals surface area contributed by atoms with Crippen molar-refractivity contribution in [3.63, 3.8) is 0 Å². The topological polar surface area (TPSA) is 67.8 Å². The maximum atomic E-state index is 13.8. The first kappa shape index (κ1) is 15.1. The number of amidine groups is 1. The molecule has 0 bridgehead atoms. The predicted molar refractivity (Wildman–Crippen MR) is 74.7 cm³/mol. The van der Waals surface area contributed by atoms with E-state index in [0.29, 0.717) is 0 Å². The first-order valence-electron chi connectivity index (χ1n) is 5.86. The molecule has 2 aromatic rings. The third kappa shape index (κ3) is 3.41. The van der Waals surface area contributed by atoms with Gasteiger partial charge in [-0.2, -0.15) is 0 Å². The van der Waals surface area contributed by atoms with E-state index in [0.717, 1.165) is 6.07 Å². The maximum absolute atomic E-state index is 13.8. The fourth-order valence-electron chi connectivity index (χ4n) is 1.66. The van der Waals surface area contributed by atoms with E-state index in [2.05, 4.69) is 5.16 Å². The maximum Gasteiger partial charge on any atom is 0.170 e. The first-order chi connectivity index (χ1) is 10.0. The lowest BCUT2D eigenvalue weighted by atomic mass is 10.2. The number of nitrogens with two attached hydrogens (primary N) is 1. The molecule has 7 heteroatoms. The van der Waals surface area contributed by atoms with E-state index in [-0.39, 0.29) is 34.3 Å². The molecule has 0 spiro atoms. The average Bonchev–Trinajstić information content (AvgIpc) is 2.47. The van der Waals surface area contributed by atoms with Crippen LogP contribution in [0.5, 0.6) is 5.75 Å². The van der Waals surface area contributed by atoms with Gasteiger partial charge in [0.05, 0.1) is 5.02 Å². The number of nitrogens with zero attached hydrogens (tertiary/aromatic N) is 1. The Labute approximate surface area is 124 Å². The second-order valence-corrected chi connectivity index (χ2v) is 4.53. The Morgan fingerprint density at radius 3 is 2.62 bits per heavy atom. The summed E-state index contributed by atoms with van der Waals surface area (Å²) in [7, 11) is 0. The molecule has 0 atom stereocenters. The summed E-state index contributed by atoms with van der Waals surface area (Å²) >= 11 is 5.85. The molecular weight excluding hydrogens is 302 g/mol. The van der Waals surface area contributed by atoms with E-state index in [1.54, 1.807) is 0 Å². The van der Waals surface area contributed by atoms with Crippen LogP contribution in [0.3, 0.4) is 0 Å². The van der Waals surface area contributed by atoms with Crippen LogP contribution in [0.4, 0.5) is 8.78 Å². The standard InChI is InChI=1S/C14H11ClF2N2O2/c15-10-2-1-3-11(16)9(10)7-21-13-5-4-8(6-12(13)17)14(18)19-20/h1-6,20H,7H2,(H2,18,19). The highest BCUT2D eigenvalue weighted by Gasteiger charge is 2.11. The zero-order chi connectivity index (χ0) is 15.4. The molecule has 110 valence electrons. The van der Waals surface area contributed by atoms with Crippen LogP contribution in [0.15, 0.2) is 41.6 Å². The van der Waals surface area contributed by atoms with Crippen molar-refractivity contribution in [1.29, 1.82) is 0 Å². The van der Waals surface area contributed by atoms with E-state index >= 15 is 0 Å². The van der Waals surface area contributed by atoms with Crippen LogP contribution in [0.25, 0.3) is 0 Å². The van der Waals surface area contributed by atoms with Gasteiger partial charge >= 0.3 is 0 Å². The van der Waals surface area contributed by atoms with Gasteiger partial charge in [0.25, 0.3) is 0 Å². The van der Waals surface area contributed by atoms with Gasteiger partial charge in [-0.1, -0.05) is 22.8 Å². The van der Waals surface area contributed by atoms with E-state index < -0.39 is 11.6 Å². The lowest BCUT2D eigenvalue weighted by molar-refractivity contribution is 0.285. The van der Waals surface area contributed by atoms with Gasteiger partial charge < -0.3 is 15.7 Å². The van der Waals surface area contributed by atoms with Crippen molar-refractivity contribution in [1.82, 2.24) is 0 Å². The van der Waals surface area contributed by atoms with Crippen LogP contribution < -0.4 is 10.5 Å². The number of oxime groups is 1. The smallest absolute Gasteiger partial charge is 0.170 e. The summed E-state index contributed by atoms with van der Waals surface area (Å²) in [5.41, 5.74) is 5.68. The van der Waals surface area contributed by atoms with Crippen LogP contribution in [0, 0.1) is 11.6 Å². The Kier molecular flexibility index (Phi) is 4.59.